The second kappa shape index (κ2) is 16.1. The SMILES string of the molecule is N#Cc1ccc(CCNC(=O)[C@@H]2CCCN2c2cc(N3CCC(CCCNC(=O)NCCS(N)(=O)=O)CC3)nc(C(F)(F)F)n2)cc1. The number of aromatic nitrogens is 2. The topological polar surface area (TPSA) is 186 Å². The summed E-state index contributed by atoms with van der Waals surface area (Å²) in [5.41, 5.74) is 1.49. The Labute approximate surface area is 272 Å². The molecule has 2 saturated heterocycles. The van der Waals surface area contributed by atoms with E-state index in [0.717, 1.165) is 24.8 Å². The van der Waals surface area contributed by atoms with Crippen LogP contribution in [0.2, 0.25) is 0 Å². The molecule has 256 valence electrons. The van der Waals surface area contributed by atoms with Crippen LogP contribution in [-0.4, -0.2) is 81.4 Å². The summed E-state index contributed by atoms with van der Waals surface area (Å²) in [6, 6.07) is 9.50. The number of anilines is 2. The van der Waals surface area contributed by atoms with Crippen molar-refractivity contribution in [1.82, 2.24) is 25.9 Å². The van der Waals surface area contributed by atoms with Crippen LogP contribution in [0, 0.1) is 17.2 Å². The zero-order valence-corrected chi connectivity index (χ0v) is 26.7. The highest BCUT2D eigenvalue weighted by atomic mass is 32.2. The molecule has 2 aliphatic rings. The molecule has 1 aromatic carbocycles. The van der Waals surface area contributed by atoms with Crippen LogP contribution in [0.1, 0.15) is 55.5 Å². The molecule has 0 unspecified atom stereocenters. The fraction of sp³-hybridized carbons (Fsp3) is 0.567. The van der Waals surface area contributed by atoms with E-state index in [1.165, 1.54) is 6.07 Å². The van der Waals surface area contributed by atoms with Gasteiger partial charge in [-0.1, -0.05) is 12.1 Å². The summed E-state index contributed by atoms with van der Waals surface area (Å²) in [5.74, 6) is -1.31. The summed E-state index contributed by atoms with van der Waals surface area (Å²) in [5, 5.41) is 21.8. The second-order valence-corrected chi connectivity index (χ2v) is 13.5. The smallest absolute Gasteiger partial charge is 0.356 e. The monoisotopic (exact) mass is 679 g/mol. The van der Waals surface area contributed by atoms with Crippen LogP contribution in [0.5, 0.6) is 0 Å². The number of alkyl halides is 3. The van der Waals surface area contributed by atoms with E-state index < -0.39 is 34.1 Å². The lowest BCUT2D eigenvalue weighted by Gasteiger charge is -2.34. The van der Waals surface area contributed by atoms with Gasteiger partial charge in [0.1, 0.15) is 17.7 Å². The molecule has 2 aromatic rings. The molecule has 0 saturated carbocycles. The van der Waals surface area contributed by atoms with E-state index in [4.69, 9.17) is 10.4 Å². The summed E-state index contributed by atoms with van der Waals surface area (Å²) < 4.78 is 63.6. The highest BCUT2D eigenvalue weighted by molar-refractivity contribution is 7.89. The minimum atomic E-state index is -4.76. The molecule has 1 atom stereocenters. The second-order valence-electron chi connectivity index (χ2n) is 11.7. The van der Waals surface area contributed by atoms with Crippen LogP contribution >= 0.6 is 0 Å². The lowest BCUT2D eigenvalue weighted by Crippen LogP contribution is -2.44. The molecule has 0 spiro atoms. The number of amides is 3. The summed E-state index contributed by atoms with van der Waals surface area (Å²) >= 11 is 0. The maximum Gasteiger partial charge on any atom is 0.451 e. The molecule has 0 aliphatic carbocycles. The van der Waals surface area contributed by atoms with Crippen molar-refractivity contribution in [3.8, 4) is 6.07 Å². The molecule has 2 aliphatic heterocycles. The van der Waals surface area contributed by atoms with Crippen molar-refractivity contribution in [1.29, 1.82) is 5.26 Å². The van der Waals surface area contributed by atoms with Crippen molar-refractivity contribution in [3.63, 3.8) is 0 Å². The fourth-order valence-electron chi connectivity index (χ4n) is 5.78. The van der Waals surface area contributed by atoms with Crippen LogP contribution in [0.4, 0.5) is 29.6 Å². The number of hydrogen-bond acceptors (Lipinski definition) is 9. The molecule has 1 aromatic heterocycles. The number of nitriles is 1. The van der Waals surface area contributed by atoms with Gasteiger partial charge in [-0.3, -0.25) is 4.79 Å². The van der Waals surface area contributed by atoms with Gasteiger partial charge < -0.3 is 25.8 Å². The predicted molar refractivity (Wildman–Crippen MR) is 169 cm³/mol. The van der Waals surface area contributed by atoms with Gasteiger partial charge >= 0.3 is 12.2 Å². The van der Waals surface area contributed by atoms with E-state index >= 15 is 0 Å². The maximum atomic E-state index is 13.9. The van der Waals surface area contributed by atoms with E-state index in [1.807, 2.05) is 17.0 Å². The summed E-state index contributed by atoms with van der Waals surface area (Å²) in [6.45, 7) is 2.04. The number of carbonyl (C=O) groups is 2. The molecule has 0 bridgehead atoms. The van der Waals surface area contributed by atoms with Crippen molar-refractivity contribution in [2.45, 2.75) is 57.2 Å². The van der Waals surface area contributed by atoms with Crippen LogP contribution in [0.15, 0.2) is 30.3 Å². The first-order valence-corrected chi connectivity index (χ1v) is 17.3. The van der Waals surface area contributed by atoms with Gasteiger partial charge in [-0.2, -0.15) is 18.4 Å². The number of benzene rings is 1. The molecular formula is C30H40F3N9O4S. The molecule has 3 amide bonds. The first-order chi connectivity index (χ1) is 22.3. The van der Waals surface area contributed by atoms with Crippen molar-refractivity contribution in [2.24, 2.45) is 11.1 Å². The number of nitrogens with one attached hydrogen (secondary N) is 3. The van der Waals surface area contributed by atoms with Gasteiger partial charge in [0.15, 0.2) is 0 Å². The average molecular weight is 680 g/mol. The Morgan fingerprint density at radius 2 is 1.66 bits per heavy atom. The normalized spacial score (nSPS) is 17.3. The fourth-order valence-corrected chi connectivity index (χ4v) is 6.16. The third-order valence-corrected chi connectivity index (χ3v) is 9.06. The first kappa shape index (κ1) is 35.7. The number of rotatable bonds is 13. The third-order valence-electron chi connectivity index (χ3n) is 8.28. The van der Waals surface area contributed by atoms with Crippen LogP contribution in [-0.2, 0) is 27.4 Å². The molecule has 13 nitrogen and oxygen atoms in total. The van der Waals surface area contributed by atoms with Crippen molar-refractivity contribution in [3.05, 3.63) is 47.3 Å². The predicted octanol–water partition coefficient (Wildman–Crippen LogP) is 2.28. The van der Waals surface area contributed by atoms with E-state index in [0.29, 0.717) is 69.9 Å². The molecule has 4 rings (SSSR count). The number of hydrogen-bond donors (Lipinski definition) is 4. The largest absolute Gasteiger partial charge is 0.451 e. The number of urea groups is 1. The Kier molecular flexibility index (Phi) is 12.2. The maximum absolute atomic E-state index is 13.9. The summed E-state index contributed by atoms with van der Waals surface area (Å²) in [6.07, 6.45) is -0.138. The van der Waals surface area contributed by atoms with E-state index in [-0.39, 0.29) is 29.8 Å². The number of piperidine rings is 1. The van der Waals surface area contributed by atoms with Crippen LogP contribution in [0.3, 0.4) is 0 Å². The van der Waals surface area contributed by atoms with Crippen LogP contribution < -0.4 is 30.9 Å². The molecule has 17 heteroatoms. The average Bonchev–Trinajstić information content (AvgIpc) is 3.53. The Hall–Kier alpha value is -4.17. The van der Waals surface area contributed by atoms with Gasteiger partial charge in [0, 0.05) is 45.3 Å². The molecular weight excluding hydrogens is 639 g/mol. The lowest BCUT2D eigenvalue weighted by molar-refractivity contribution is -0.144. The van der Waals surface area contributed by atoms with Gasteiger partial charge in [0.2, 0.25) is 21.8 Å². The Balaban J connectivity index is 1.30. The van der Waals surface area contributed by atoms with Gasteiger partial charge in [0.05, 0.1) is 17.4 Å². The highest BCUT2D eigenvalue weighted by Crippen LogP contribution is 2.34. The Bertz CT molecular complexity index is 1530. The van der Waals surface area contributed by atoms with Gasteiger partial charge in [0.25, 0.3) is 0 Å². The van der Waals surface area contributed by atoms with Crippen molar-refractivity contribution >= 4 is 33.6 Å². The summed E-state index contributed by atoms with van der Waals surface area (Å²) in [4.78, 5) is 36.1. The van der Waals surface area contributed by atoms with Crippen molar-refractivity contribution in [2.75, 3.05) is 54.8 Å². The third kappa shape index (κ3) is 11.0. The molecule has 47 heavy (non-hydrogen) atoms. The first-order valence-electron chi connectivity index (χ1n) is 15.6. The standard InChI is InChI=1S/C30H40F3N9O4S/c31-30(32,33)28-39-25(41-16-10-21(11-17-41)3-1-12-37-29(44)38-14-18-47(35,45)46)19-26(40-28)42-15-2-4-24(42)27(43)36-13-9-22-5-7-23(20-34)8-6-22/h5-8,19,21,24H,1-4,9-18H2,(H,36,43)(H2,35,45,46)(H2,37,38,44)/t24-/m0/s1. The van der Waals surface area contributed by atoms with Gasteiger partial charge in [-0.05, 0) is 68.6 Å². The lowest BCUT2D eigenvalue weighted by atomic mass is 9.92. The molecule has 2 fully saturated rings. The van der Waals surface area contributed by atoms with E-state index in [9.17, 15) is 31.2 Å². The summed E-state index contributed by atoms with van der Waals surface area (Å²) in [7, 11) is -3.65. The van der Waals surface area contributed by atoms with E-state index in [1.54, 1.807) is 17.0 Å². The van der Waals surface area contributed by atoms with Gasteiger partial charge in [-0.15, -0.1) is 0 Å². The quantitative estimate of drug-likeness (QED) is 0.231. The van der Waals surface area contributed by atoms with Crippen LogP contribution in [0.25, 0.3) is 0 Å². The minimum absolute atomic E-state index is 0.0719. The molecule has 5 N–H and O–H groups in total. The minimum Gasteiger partial charge on any atom is -0.356 e. The number of sulfonamides is 1. The highest BCUT2D eigenvalue weighted by Gasteiger charge is 2.39. The molecule has 0 radical (unpaired) electrons. The number of nitrogens with two attached hydrogens (primary N) is 1. The Morgan fingerprint density at radius 3 is 2.32 bits per heavy atom. The number of carbonyl (C=O) groups excluding carboxylic acids is 2. The van der Waals surface area contributed by atoms with E-state index in [2.05, 4.69) is 32.0 Å². The number of nitrogens with zero attached hydrogens (tertiary/aromatic N) is 5. The molecule has 3 heterocycles. The zero-order valence-electron chi connectivity index (χ0n) is 25.9. The number of primary sulfonamides is 1. The Morgan fingerprint density at radius 1 is 0.979 bits per heavy atom. The zero-order chi connectivity index (χ0) is 34.0. The van der Waals surface area contributed by atoms with Crippen molar-refractivity contribution < 1.29 is 31.2 Å². The van der Waals surface area contributed by atoms with Gasteiger partial charge in [-0.25, -0.2) is 28.3 Å². The number of halogens is 3.